The molecule has 0 saturated heterocycles. The Morgan fingerprint density at radius 2 is 2.19 bits per heavy atom. The van der Waals surface area contributed by atoms with Crippen molar-refractivity contribution < 1.29 is 9.32 Å². The lowest BCUT2D eigenvalue weighted by Crippen LogP contribution is -2.31. The second-order valence-electron chi connectivity index (χ2n) is 4.81. The largest absolute Gasteiger partial charge is 0.339 e. The summed E-state index contributed by atoms with van der Waals surface area (Å²) in [5, 5.41) is 3.93. The molecule has 0 spiro atoms. The number of amides is 1. The number of carbonyl (C=O) groups is 1. The summed E-state index contributed by atoms with van der Waals surface area (Å²) in [7, 11) is 0. The number of rotatable bonds is 6. The zero-order valence-electron chi connectivity index (χ0n) is 12.7. The highest BCUT2D eigenvalue weighted by Crippen LogP contribution is 2.11. The van der Waals surface area contributed by atoms with Crippen LogP contribution < -0.4 is 0 Å². The summed E-state index contributed by atoms with van der Waals surface area (Å²) in [6, 6.07) is 3.55. The van der Waals surface area contributed by atoms with E-state index in [2.05, 4.69) is 22.0 Å². The van der Waals surface area contributed by atoms with Crippen LogP contribution in [-0.2, 0) is 13.0 Å². The Morgan fingerprint density at radius 3 is 2.86 bits per heavy atom. The number of pyridine rings is 1. The van der Waals surface area contributed by atoms with Gasteiger partial charge in [0, 0.05) is 24.9 Å². The highest BCUT2D eigenvalue weighted by Gasteiger charge is 2.19. The van der Waals surface area contributed by atoms with E-state index in [0.717, 1.165) is 18.5 Å². The van der Waals surface area contributed by atoms with Crippen molar-refractivity contribution in [2.45, 2.75) is 40.2 Å². The number of hydrogen-bond acceptors (Lipinski definition) is 5. The lowest BCUT2D eigenvalue weighted by molar-refractivity contribution is 0.0746. The Labute approximate surface area is 124 Å². The van der Waals surface area contributed by atoms with E-state index in [1.54, 1.807) is 23.2 Å². The maximum absolute atomic E-state index is 12.5. The molecule has 0 radical (unpaired) electrons. The van der Waals surface area contributed by atoms with Crippen LogP contribution in [0, 0.1) is 6.92 Å². The van der Waals surface area contributed by atoms with Gasteiger partial charge in [-0.3, -0.25) is 9.78 Å². The van der Waals surface area contributed by atoms with Crippen molar-refractivity contribution >= 4 is 5.91 Å². The average Bonchev–Trinajstić information content (AvgIpc) is 2.92. The smallest absolute Gasteiger partial charge is 0.256 e. The van der Waals surface area contributed by atoms with E-state index in [4.69, 9.17) is 4.52 Å². The molecule has 0 aromatic carbocycles. The van der Waals surface area contributed by atoms with Crippen LogP contribution in [0.5, 0.6) is 0 Å². The first-order chi connectivity index (χ1) is 10.2. The van der Waals surface area contributed by atoms with Crippen molar-refractivity contribution in [2.75, 3.05) is 6.54 Å². The van der Waals surface area contributed by atoms with Crippen molar-refractivity contribution in [3.05, 3.63) is 41.3 Å². The summed E-state index contributed by atoms with van der Waals surface area (Å²) < 4.78 is 5.15. The first kappa shape index (κ1) is 15.2. The van der Waals surface area contributed by atoms with Crippen molar-refractivity contribution in [3.63, 3.8) is 0 Å². The van der Waals surface area contributed by atoms with Gasteiger partial charge in [-0.25, -0.2) is 0 Å². The molecule has 0 N–H and O–H groups in total. The Hall–Kier alpha value is -2.24. The molecule has 2 rings (SSSR count). The molecule has 0 atom stereocenters. The number of aromatic nitrogens is 3. The van der Waals surface area contributed by atoms with Gasteiger partial charge < -0.3 is 9.42 Å². The minimum absolute atomic E-state index is 0.0649. The van der Waals surface area contributed by atoms with Gasteiger partial charge >= 0.3 is 0 Å². The van der Waals surface area contributed by atoms with Gasteiger partial charge in [-0.2, -0.15) is 4.98 Å². The summed E-state index contributed by atoms with van der Waals surface area (Å²) in [5.74, 6) is 1.09. The lowest BCUT2D eigenvalue weighted by atomic mass is 10.2. The normalized spacial score (nSPS) is 10.6. The van der Waals surface area contributed by atoms with Gasteiger partial charge in [-0.15, -0.1) is 0 Å². The first-order valence-corrected chi connectivity index (χ1v) is 7.18. The predicted octanol–water partition coefficient (Wildman–Crippen LogP) is 2.39. The van der Waals surface area contributed by atoms with Gasteiger partial charge in [0.2, 0.25) is 5.89 Å². The molecule has 2 aromatic rings. The fraction of sp³-hybridized carbons (Fsp3) is 0.467. The van der Waals surface area contributed by atoms with E-state index in [0.29, 0.717) is 30.4 Å². The minimum Gasteiger partial charge on any atom is -0.339 e. The van der Waals surface area contributed by atoms with Gasteiger partial charge in [0.05, 0.1) is 12.1 Å². The van der Waals surface area contributed by atoms with E-state index in [1.165, 1.54) is 0 Å². The van der Waals surface area contributed by atoms with E-state index in [9.17, 15) is 4.79 Å². The number of carbonyl (C=O) groups excluding carboxylic acids is 1. The third-order valence-electron chi connectivity index (χ3n) is 3.21. The highest BCUT2D eigenvalue weighted by atomic mass is 16.5. The van der Waals surface area contributed by atoms with Crippen molar-refractivity contribution in [1.29, 1.82) is 0 Å². The Morgan fingerprint density at radius 1 is 1.38 bits per heavy atom. The summed E-state index contributed by atoms with van der Waals surface area (Å²) in [4.78, 5) is 22.7. The molecule has 0 aliphatic rings. The van der Waals surface area contributed by atoms with Crippen LogP contribution in [0.3, 0.4) is 0 Å². The SMILES string of the molecule is CCCc1nc(CN(CC)C(=O)c2cccnc2C)no1. The van der Waals surface area contributed by atoms with Crippen LogP contribution in [0.2, 0.25) is 0 Å². The van der Waals surface area contributed by atoms with Gasteiger partial charge in [0.25, 0.3) is 5.91 Å². The molecule has 0 saturated carbocycles. The third-order valence-corrected chi connectivity index (χ3v) is 3.21. The maximum Gasteiger partial charge on any atom is 0.256 e. The van der Waals surface area contributed by atoms with Crippen molar-refractivity contribution in [2.24, 2.45) is 0 Å². The fourth-order valence-electron chi connectivity index (χ4n) is 2.05. The van der Waals surface area contributed by atoms with Gasteiger partial charge in [-0.05, 0) is 32.4 Å². The van der Waals surface area contributed by atoms with Crippen molar-refractivity contribution in [3.8, 4) is 0 Å². The molecule has 6 heteroatoms. The monoisotopic (exact) mass is 288 g/mol. The third kappa shape index (κ3) is 3.65. The van der Waals surface area contributed by atoms with Crippen LogP contribution in [-0.4, -0.2) is 32.5 Å². The molecule has 112 valence electrons. The zero-order valence-corrected chi connectivity index (χ0v) is 12.7. The molecule has 0 fully saturated rings. The van der Waals surface area contributed by atoms with E-state index in [-0.39, 0.29) is 5.91 Å². The second kappa shape index (κ2) is 6.97. The second-order valence-corrected chi connectivity index (χ2v) is 4.81. The molecular weight excluding hydrogens is 268 g/mol. The quantitative estimate of drug-likeness (QED) is 0.816. The summed E-state index contributed by atoms with van der Waals surface area (Å²) >= 11 is 0. The Bertz CT molecular complexity index is 609. The Balaban J connectivity index is 2.12. The standard InChI is InChI=1S/C15H20N4O2/c1-4-7-14-17-13(18-21-14)10-19(5-2)15(20)12-8-6-9-16-11(12)3/h6,8-9H,4-5,7,10H2,1-3H3. The molecule has 6 nitrogen and oxygen atoms in total. The molecule has 2 aromatic heterocycles. The van der Waals surface area contributed by atoms with E-state index in [1.807, 2.05) is 13.8 Å². The maximum atomic E-state index is 12.5. The molecule has 0 unspecified atom stereocenters. The van der Waals surface area contributed by atoms with Crippen LogP contribution in [0.15, 0.2) is 22.9 Å². The highest BCUT2D eigenvalue weighted by molar-refractivity contribution is 5.95. The van der Waals surface area contributed by atoms with Crippen LogP contribution in [0.4, 0.5) is 0 Å². The topological polar surface area (TPSA) is 72.1 Å². The van der Waals surface area contributed by atoms with Gasteiger partial charge in [0.15, 0.2) is 5.82 Å². The van der Waals surface area contributed by atoms with Crippen LogP contribution >= 0.6 is 0 Å². The van der Waals surface area contributed by atoms with Gasteiger partial charge in [-0.1, -0.05) is 12.1 Å². The van der Waals surface area contributed by atoms with Gasteiger partial charge in [0.1, 0.15) is 0 Å². The molecule has 0 bridgehead atoms. The number of aryl methyl sites for hydroxylation is 2. The van der Waals surface area contributed by atoms with Crippen molar-refractivity contribution in [1.82, 2.24) is 20.0 Å². The molecule has 0 aliphatic heterocycles. The molecular formula is C15H20N4O2. The van der Waals surface area contributed by atoms with Crippen LogP contribution in [0.1, 0.15) is 48.0 Å². The lowest BCUT2D eigenvalue weighted by Gasteiger charge is -2.19. The first-order valence-electron chi connectivity index (χ1n) is 7.18. The van der Waals surface area contributed by atoms with E-state index < -0.39 is 0 Å². The summed E-state index contributed by atoms with van der Waals surface area (Å²) in [6.45, 7) is 6.73. The number of hydrogen-bond donors (Lipinski definition) is 0. The molecule has 21 heavy (non-hydrogen) atoms. The van der Waals surface area contributed by atoms with E-state index >= 15 is 0 Å². The predicted molar refractivity (Wildman–Crippen MR) is 77.7 cm³/mol. The Kier molecular flexibility index (Phi) is 5.03. The van der Waals surface area contributed by atoms with Crippen LogP contribution in [0.25, 0.3) is 0 Å². The molecule has 0 aliphatic carbocycles. The molecule has 2 heterocycles. The molecule has 1 amide bonds. The summed E-state index contributed by atoms with van der Waals surface area (Å²) in [5.41, 5.74) is 1.33. The average molecular weight is 288 g/mol. The number of nitrogens with zero attached hydrogens (tertiary/aromatic N) is 4. The summed E-state index contributed by atoms with van der Waals surface area (Å²) in [6.07, 6.45) is 3.39. The fourth-order valence-corrected chi connectivity index (χ4v) is 2.05. The zero-order chi connectivity index (χ0) is 15.2. The minimum atomic E-state index is -0.0649.